The monoisotopic (exact) mass is 464 g/mol. The second kappa shape index (κ2) is 7.46. The number of Topliss-reactive ketones (excluding diaryl/α,β-unsaturated/α-hetero) is 2. The van der Waals surface area contributed by atoms with Crippen LogP contribution in [-0.4, -0.2) is 11.6 Å². The fourth-order valence-electron chi connectivity index (χ4n) is 5.49. The van der Waals surface area contributed by atoms with Gasteiger partial charge >= 0.3 is 0 Å². The van der Waals surface area contributed by atoms with Gasteiger partial charge in [0.25, 0.3) is 0 Å². The predicted molar refractivity (Wildman–Crippen MR) is 128 cm³/mol. The maximum absolute atomic E-state index is 13.4. The fraction of sp³-hybridized carbons (Fsp3) is 0.429. The molecule has 33 heavy (non-hydrogen) atoms. The van der Waals surface area contributed by atoms with Crippen LogP contribution in [0.3, 0.4) is 0 Å². The lowest BCUT2D eigenvalue weighted by atomic mass is 9.66. The summed E-state index contributed by atoms with van der Waals surface area (Å²) in [5, 5.41) is 0.667. The number of furan rings is 1. The molecule has 0 unspecified atom stereocenters. The van der Waals surface area contributed by atoms with E-state index in [1.165, 1.54) is 0 Å². The van der Waals surface area contributed by atoms with Gasteiger partial charge in [-0.15, -0.1) is 0 Å². The van der Waals surface area contributed by atoms with Crippen LogP contribution in [0.1, 0.15) is 70.6 Å². The average Bonchev–Trinajstić information content (AvgIpc) is 3.16. The molecule has 172 valence electrons. The highest BCUT2D eigenvalue weighted by atomic mass is 35.5. The predicted octanol–water partition coefficient (Wildman–Crippen LogP) is 7.31. The Balaban J connectivity index is 1.67. The summed E-state index contributed by atoms with van der Waals surface area (Å²) < 4.78 is 12.7. The van der Waals surface area contributed by atoms with Gasteiger partial charge in [0, 0.05) is 47.4 Å². The standard InChI is InChI=1S/C28H29ClO4/c1-15-16(7-6-8-17(15)29)20-9-10-21(32-20)26-24-18(30)11-27(2,3)13-22(24)33-23-14-28(4,5)12-19(31)25(23)26/h6-10,26H,11-14H2,1-5H3. The summed E-state index contributed by atoms with van der Waals surface area (Å²) in [6.07, 6.45) is 2.18. The molecule has 4 nitrogen and oxygen atoms in total. The van der Waals surface area contributed by atoms with E-state index >= 15 is 0 Å². The van der Waals surface area contributed by atoms with Crippen LogP contribution < -0.4 is 0 Å². The van der Waals surface area contributed by atoms with Crippen LogP contribution in [0.2, 0.25) is 5.02 Å². The molecule has 1 aromatic heterocycles. The van der Waals surface area contributed by atoms with Crippen molar-refractivity contribution in [1.29, 1.82) is 0 Å². The molecule has 1 aliphatic heterocycles. The molecule has 0 amide bonds. The first-order valence-electron chi connectivity index (χ1n) is 11.5. The van der Waals surface area contributed by atoms with E-state index in [0.29, 0.717) is 64.9 Å². The highest BCUT2D eigenvalue weighted by molar-refractivity contribution is 6.31. The van der Waals surface area contributed by atoms with Crippen LogP contribution in [0.25, 0.3) is 11.3 Å². The maximum atomic E-state index is 13.4. The number of carbonyl (C=O) groups is 2. The van der Waals surface area contributed by atoms with Crippen LogP contribution in [-0.2, 0) is 14.3 Å². The molecule has 0 fully saturated rings. The van der Waals surface area contributed by atoms with Crippen molar-refractivity contribution in [3.63, 3.8) is 0 Å². The molecule has 0 atom stereocenters. The largest absolute Gasteiger partial charge is 0.465 e. The molecule has 1 aromatic carbocycles. The molecule has 5 heteroatoms. The Labute approximate surface area is 199 Å². The molecule has 2 aliphatic carbocycles. The Morgan fingerprint density at radius 3 is 2.00 bits per heavy atom. The van der Waals surface area contributed by atoms with E-state index < -0.39 is 5.92 Å². The minimum absolute atomic E-state index is 0.0346. The summed E-state index contributed by atoms with van der Waals surface area (Å²) in [4.78, 5) is 26.8. The number of allylic oxidation sites excluding steroid dienone is 4. The molecular formula is C28H29ClO4. The first-order chi connectivity index (χ1) is 15.5. The van der Waals surface area contributed by atoms with Crippen LogP contribution in [0.4, 0.5) is 0 Å². The van der Waals surface area contributed by atoms with Gasteiger partial charge in [-0.05, 0) is 41.5 Å². The first-order valence-corrected chi connectivity index (χ1v) is 11.9. The van der Waals surface area contributed by atoms with E-state index in [1.54, 1.807) is 0 Å². The number of hydrogen-bond acceptors (Lipinski definition) is 4. The molecule has 0 N–H and O–H groups in total. The summed E-state index contributed by atoms with van der Waals surface area (Å²) in [6, 6.07) is 9.50. The van der Waals surface area contributed by atoms with E-state index in [1.807, 2.05) is 37.3 Å². The van der Waals surface area contributed by atoms with Gasteiger partial charge in [-0.3, -0.25) is 9.59 Å². The highest BCUT2D eigenvalue weighted by Gasteiger charge is 2.48. The molecule has 0 bridgehead atoms. The fourth-order valence-corrected chi connectivity index (χ4v) is 5.66. The second-order valence-electron chi connectivity index (χ2n) is 11.2. The number of benzene rings is 1. The molecule has 5 rings (SSSR count). The van der Waals surface area contributed by atoms with Gasteiger partial charge in [0.1, 0.15) is 23.0 Å². The zero-order valence-corrected chi connectivity index (χ0v) is 20.6. The van der Waals surface area contributed by atoms with Gasteiger partial charge in [0.15, 0.2) is 11.6 Å². The van der Waals surface area contributed by atoms with Crippen LogP contribution in [0.5, 0.6) is 0 Å². The Morgan fingerprint density at radius 1 is 0.848 bits per heavy atom. The normalized spacial score (nSPS) is 22.2. The van der Waals surface area contributed by atoms with Gasteiger partial charge in [-0.25, -0.2) is 0 Å². The summed E-state index contributed by atoms with van der Waals surface area (Å²) in [7, 11) is 0. The van der Waals surface area contributed by atoms with Crippen LogP contribution in [0.15, 0.2) is 57.4 Å². The number of carbonyl (C=O) groups excluding carboxylic acids is 2. The maximum Gasteiger partial charge on any atom is 0.163 e. The van der Waals surface area contributed by atoms with Gasteiger partial charge in [0.2, 0.25) is 0 Å². The zero-order chi connectivity index (χ0) is 23.7. The summed E-state index contributed by atoms with van der Waals surface area (Å²) >= 11 is 6.33. The second-order valence-corrected chi connectivity index (χ2v) is 11.6. The Kier molecular flexibility index (Phi) is 5.02. The van der Waals surface area contributed by atoms with E-state index in [2.05, 4.69) is 27.7 Å². The SMILES string of the molecule is Cc1c(Cl)cccc1-c1ccc(C2C3=C(CC(C)(C)CC3=O)OC3=C2C(=O)CC(C)(C)C3)o1. The molecule has 2 aromatic rings. The lowest BCUT2D eigenvalue weighted by molar-refractivity contribution is -0.120. The molecule has 3 aliphatic rings. The average molecular weight is 465 g/mol. The lowest BCUT2D eigenvalue weighted by Gasteiger charge is -2.42. The van der Waals surface area contributed by atoms with Gasteiger partial charge in [-0.2, -0.15) is 0 Å². The minimum atomic E-state index is -0.524. The van der Waals surface area contributed by atoms with Gasteiger partial charge in [-0.1, -0.05) is 51.4 Å². The van der Waals surface area contributed by atoms with Crippen LogP contribution >= 0.6 is 11.6 Å². The lowest BCUT2D eigenvalue weighted by Crippen LogP contribution is -2.37. The van der Waals surface area contributed by atoms with Crippen LogP contribution in [0, 0.1) is 17.8 Å². The minimum Gasteiger partial charge on any atom is -0.465 e. The molecule has 0 spiro atoms. The van der Waals surface area contributed by atoms with Crippen molar-refractivity contribution in [2.24, 2.45) is 10.8 Å². The number of rotatable bonds is 2. The summed E-state index contributed by atoms with van der Waals surface area (Å²) in [5.74, 6) is 2.22. The van der Waals surface area contributed by atoms with Crippen molar-refractivity contribution in [2.45, 2.75) is 66.2 Å². The van der Waals surface area contributed by atoms with E-state index in [-0.39, 0.29) is 22.4 Å². The van der Waals surface area contributed by atoms with Gasteiger partial charge in [0.05, 0.1) is 5.92 Å². The quantitative estimate of drug-likeness (QED) is 0.467. The number of ketones is 2. The van der Waals surface area contributed by atoms with Crippen molar-refractivity contribution in [3.05, 3.63) is 69.3 Å². The third-order valence-electron chi connectivity index (χ3n) is 7.03. The van der Waals surface area contributed by atoms with Crippen molar-refractivity contribution >= 4 is 23.2 Å². The Bertz CT molecular complexity index is 1200. The third kappa shape index (κ3) is 3.78. The topological polar surface area (TPSA) is 56.5 Å². The van der Waals surface area contributed by atoms with E-state index in [0.717, 1.165) is 11.1 Å². The third-order valence-corrected chi connectivity index (χ3v) is 7.44. The van der Waals surface area contributed by atoms with Crippen molar-refractivity contribution < 1.29 is 18.7 Å². The van der Waals surface area contributed by atoms with Crippen molar-refractivity contribution in [1.82, 2.24) is 0 Å². The smallest absolute Gasteiger partial charge is 0.163 e. The Morgan fingerprint density at radius 2 is 1.42 bits per heavy atom. The summed E-state index contributed by atoms with van der Waals surface area (Å²) in [6.45, 7) is 10.3. The van der Waals surface area contributed by atoms with E-state index in [9.17, 15) is 9.59 Å². The first kappa shape index (κ1) is 22.2. The van der Waals surface area contributed by atoms with Crippen molar-refractivity contribution in [2.75, 3.05) is 0 Å². The van der Waals surface area contributed by atoms with Gasteiger partial charge < -0.3 is 9.15 Å². The molecule has 2 heterocycles. The molecular weight excluding hydrogens is 436 g/mol. The number of hydrogen-bond donors (Lipinski definition) is 0. The van der Waals surface area contributed by atoms with Crippen molar-refractivity contribution in [3.8, 4) is 11.3 Å². The summed E-state index contributed by atoms with van der Waals surface area (Å²) in [5.41, 5.74) is 2.64. The molecule has 0 saturated carbocycles. The molecule has 0 saturated heterocycles. The number of halogens is 1. The molecule has 0 radical (unpaired) electrons. The zero-order valence-electron chi connectivity index (χ0n) is 19.8. The number of ether oxygens (including phenoxy) is 1. The Hall–Kier alpha value is -2.59. The highest BCUT2D eigenvalue weighted by Crippen LogP contribution is 2.53. The van der Waals surface area contributed by atoms with E-state index in [4.69, 9.17) is 20.8 Å².